The first-order valence-electron chi connectivity index (χ1n) is 6.78. The molecular formula is C13H20O7S. The van der Waals surface area contributed by atoms with Crippen molar-refractivity contribution in [3.63, 3.8) is 0 Å². The van der Waals surface area contributed by atoms with Crippen molar-refractivity contribution in [2.45, 2.75) is 45.6 Å². The van der Waals surface area contributed by atoms with Gasteiger partial charge in [0.05, 0.1) is 5.41 Å². The van der Waals surface area contributed by atoms with Crippen LogP contribution in [0, 0.1) is 10.8 Å². The van der Waals surface area contributed by atoms with E-state index in [4.69, 9.17) is 14.0 Å². The quantitative estimate of drug-likeness (QED) is 0.606. The molecule has 3 aliphatic rings. The number of hydrogen-bond donors (Lipinski definition) is 1. The lowest BCUT2D eigenvalue weighted by molar-refractivity contribution is -0.235. The maximum atomic E-state index is 12.2. The van der Waals surface area contributed by atoms with Gasteiger partial charge in [0, 0.05) is 6.42 Å². The second-order valence-corrected chi connectivity index (χ2v) is 8.27. The fourth-order valence-electron chi connectivity index (χ4n) is 3.13. The van der Waals surface area contributed by atoms with Crippen molar-refractivity contribution in [1.82, 2.24) is 0 Å². The van der Waals surface area contributed by atoms with E-state index in [1.807, 2.05) is 20.8 Å². The lowest BCUT2D eigenvalue weighted by Crippen LogP contribution is -2.64. The van der Waals surface area contributed by atoms with Crippen LogP contribution in [-0.4, -0.2) is 42.9 Å². The number of carbonyl (C=O) groups excluding carboxylic acids is 2. The molecule has 3 fully saturated rings. The third-order valence-corrected chi connectivity index (χ3v) is 5.62. The Morgan fingerprint density at radius 1 is 1.33 bits per heavy atom. The van der Waals surface area contributed by atoms with Gasteiger partial charge in [0.2, 0.25) is 5.60 Å². The molecule has 0 aromatic carbocycles. The fourth-order valence-corrected chi connectivity index (χ4v) is 3.42. The van der Waals surface area contributed by atoms with Gasteiger partial charge in [-0.2, -0.15) is 8.42 Å². The van der Waals surface area contributed by atoms with Crippen LogP contribution in [0.4, 0.5) is 0 Å². The summed E-state index contributed by atoms with van der Waals surface area (Å²) in [7, 11) is -4.20. The van der Waals surface area contributed by atoms with Crippen LogP contribution in [0.3, 0.4) is 0 Å². The monoisotopic (exact) mass is 320 g/mol. The van der Waals surface area contributed by atoms with Crippen molar-refractivity contribution in [3.8, 4) is 0 Å². The number of rotatable bonds is 4. The number of hydrogen-bond acceptors (Lipinski definition) is 6. The Labute approximate surface area is 123 Å². The minimum Gasteiger partial charge on any atom is -0.462 e. The van der Waals surface area contributed by atoms with Crippen LogP contribution in [0.15, 0.2) is 0 Å². The molecule has 2 atom stereocenters. The summed E-state index contributed by atoms with van der Waals surface area (Å²) in [5, 5.41) is 0. The molecule has 2 bridgehead atoms. The van der Waals surface area contributed by atoms with Crippen molar-refractivity contribution in [2.75, 3.05) is 12.4 Å². The summed E-state index contributed by atoms with van der Waals surface area (Å²) in [6, 6.07) is 0. The maximum Gasteiger partial charge on any atom is 0.350 e. The molecule has 7 nitrogen and oxygen atoms in total. The molecule has 2 aliphatic heterocycles. The summed E-state index contributed by atoms with van der Waals surface area (Å²) in [6.07, 6.45) is 1.22. The Hall–Kier alpha value is -1.15. The Bertz CT molecular complexity index is 579. The number of ether oxygens (including phenoxy) is 2. The molecule has 120 valence electrons. The predicted molar refractivity (Wildman–Crippen MR) is 71.9 cm³/mol. The molecular weight excluding hydrogens is 300 g/mol. The van der Waals surface area contributed by atoms with E-state index in [9.17, 15) is 18.0 Å². The average Bonchev–Trinajstić information content (AvgIpc) is 2.30. The zero-order chi connectivity index (χ0) is 16.1. The Morgan fingerprint density at radius 2 is 1.95 bits per heavy atom. The normalized spacial score (nSPS) is 34.4. The highest BCUT2D eigenvalue weighted by molar-refractivity contribution is 7.85. The first kappa shape index (κ1) is 16.2. The van der Waals surface area contributed by atoms with Crippen LogP contribution in [0.25, 0.3) is 0 Å². The minimum absolute atomic E-state index is 0.340. The van der Waals surface area contributed by atoms with E-state index < -0.39 is 50.8 Å². The maximum absolute atomic E-state index is 12.2. The van der Waals surface area contributed by atoms with Crippen LogP contribution >= 0.6 is 0 Å². The van der Waals surface area contributed by atoms with Gasteiger partial charge in [-0.1, -0.05) is 13.8 Å². The molecule has 8 heteroatoms. The highest BCUT2D eigenvalue weighted by Gasteiger charge is 2.66. The zero-order valence-electron chi connectivity index (χ0n) is 12.3. The van der Waals surface area contributed by atoms with Crippen molar-refractivity contribution < 1.29 is 32.0 Å². The fraction of sp³-hybridized carbons (Fsp3) is 0.846. The van der Waals surface area contributed by atoms with Crippen LogP contribution in [0.1, 0.15) is 40.0 Å². The van der Waals surface area contributed by atoms with E-state index in [-0.39, 0.29) is 0 Å². The summed E-state index contributed by atoms with van der Waals surface area (Å²) in [6.45, 7) is 5.19. The highest BCUT2D eigenvalue weighted by Crippen LogP contribution is 2.59. The molecule has 0 spiro atoms. The molecule has 2 unspecified atom stereocenters. The summed E-state index contributed by atoms with van der Waals surface area (Å²) >= 11 is 0. The van der Waals surface area contributed by atoms with Crippen molar-refractivity contribution in [3.05, 3.63) is 0 Å². The molecule has 0 radical (unpaired) electrons. The standard InChI is InChI=1S/C13H20O7S/c1-11(2)8-13(5-4-12(11,3)9(14)20-13)10(15)19-6-7-21(16,17)18/h4-8H2,1-3H3,(H,16,17,18). The van der Waals surface area contributed by atoms with Crippen molar-refractivity contribution in [1.29, 1.82) is 0 Å². The van der Waals surface area contributed by atoms with E-state index in [1.54, 1.807) is 0 Å². The number of fused-ring (bicyclic) bond motifs is 3. The van der Waals surface area contributed by atoms with Crippen LogP contribution in [-0.2, 0) is 29.2 Å². The number of esters is 2. The van der Waals surface area contributed by atoms with Gasteiger partial charge in [-0.05, 0) is 25.2 Å². The van der Waals surface area contributed by atoms with Gasteiger partial charge in [0.15, 0.2) is 0 Å². The SMILES string of the molecule is CC1(C)CC2(C(=O)OCCS(=O)(=O)O)CCC1(C)C(=O)O2. The van der Waals surface area contributed by atoms with Gasteiger partial charge in [0.1, 0.15) is 12.4 Å². The molecule has 0 aromatic rings. The second-order valence-electron chi connectivity index (χ2n) is 6.70. The molecule has 0 aromatic heterocycles. The van der Waals surface area contributed by atoms with Gasteiger partial charge in [-0.25, -0.2) is 4.79 Å². The first-order valence-corrected chi connectivity index (χ1v) is 8.39. The third-order valence-electron chi connectivity index (χ3n) is 4.94. The van der Waals surface area contributed by atoms with E-state index in [1.165, 1.54) is 0 Å². The summed E-state index contributed by atoms with van der Waals surface area (Å²) < 4.78 is 40.1. The number of carbonyl (C=O) groups is 2. The van der Waals surface area contributed by atoms with Gasteiger partial charge in [-0.15, -0.1) is 0 Å². The van der Waals surface area contributed by atoms with E-state index in [2.05, 4.69) is 0 Å². The van der Waals surface area contributed by atoms with Crippen LogP contribution in [0.5, 0.6) is 0 Å². The van der Waals surface area contributed by atoms with Gasteiger partial charge in [0.25, 0.3) is 10.1 Å². The minimum atomic E-state index is -4.20. The lowest BCUT2D eigenvalue weighted by atomic mass is 9.53. The molecule has 1 N–H and O–H groups in total. The van der Waals surface area contributed by atoms with E-state index in [0.717, 1.165) is 0 Å². The van der Waals surface area contributed by atoms with Crippen molar-refractivity contribution in [2.24, 2.45) is 10.8 Å². The average molecular weight is 320 g/mol. The molecule has 21 heavy (non-hydrogen) atoms. The van der Waals surface area contributed by atoms with Gasteiger partial charge >= 0.3 is 11.9 Å². The molecule has 3 rings (SSSR count). The summed E-state index contributed by atoms with van der Waals surface area (Å²) in [5.74, 6) is -1.84. The Kier molecular flexibility index (Phi) is 3.61. The smallest absolute Gasteiger partial charge is 0.350 e. The molecule has 1 saturated carbocycles. The predicted octanol–water partition coefficient (Wildman–Crippen LogP) is 0.929. The Morgan fingerprint density at radius 3 is 2.43 bits per heavy atom. The molecule has 2 saturated heterocycles. The summed E-state index contributed by atoms with van der Waals surface area (Å²) in [5.41, 5.74) is -2.37. The van der Waals surface area contributed by atoms with Crippen molar-refractivity contribution >= 4 is 22.1 Å². The largest absolute Gasteiger partial charge is 0.462 e. The highest BCUT2D eigenvalue weighted by atomic mass is 32.2. The topological polar surface area (TPSA) is 107 Å². The second kappa shape index (κ2) is 4.67. The van der Waals surface area contributed by atoms with Crippen LogP contribution < -0.4 is 0 Å². The third kappa shape index (κ3) is 2.66. The molecule has 0 amide bonds. The first-order chi connectivity index (χ1) is 9.42. The lowest BCUT2D eigenvalue weighted by Gasteiger charge is -2.57. The molecule has 2 heterocycles. The van der Waals surface area contributed by atoms with E-state index in [0.29, 0.717) is 19.3 Å². The van der Waals surface area contributed by atoms with E-state index >= 15 is 0 Å². The van der Waals surface area contributed by atoms with Crippen LogP contribution in [0.2, 0.25) is 0 Å². The zero-order valence-corrected chi connectivity index (χ0v) is 13.2. The van der Waals surface area contributed by atoms with Gasteiger partial charge < -0.3 is 9.47 Å². The summed E-state index contributed by atoms with van der Waals surface area (Å²) in [4.78, 5) is 24.4. The molecule has 1 aliphatic carbocycles. The Balaban J connectivity index is 2.12. The van der Waals surface area contributed by atoms with Gasteiger partial charge in [-0.3, -0.25) is 9.35 Å².